The molecule has 0 radical (unpaired) electrons. The van der Waals surface area contributed by atoms with Gasteiger partial charge < -0.3 is 10.5 Å². The van der Waals surface area contributed by atoms with Crippen molar-refractivity contribution in [3.63, 3.8) is 0 Å². The van der Waals surface area contributed by atoms with E-state index in [1.54, 1.807) is 11.3 Å². The Bertz CT molecular complexity index is 709. The number of para-hydroxylation sites is 1. The third kappa shape index (κ3) is 2.85. The van der Waals surface area contributed by atoms with E-state index in [1.807, 2.05) is 36.4 Å². The van der Waals surface area contributed by atoms with Crippen molar-refractivity contribution in [3.8, 4) is 5.75 Å². The Kier molecular flexibility index (Phi) is 4.00. The minimum absolute atomic E-state index is 0.453. The first-order valence-electron chi connectivity index (χ1n) is 6.22. The van der Waals surface area contributed by atoms with Crippen LogP contribution < -0.4 is 10.5 Å². The summed E-state index contributed by atoms with van der Waals surface area (Å²) in [5.41, 5.74) is 7.74. The molecule has 1 heterocycles. The van der Waals surface area contributed by atoms with Crippen molar-refractivity contribution in [1.29, 1.82) is 0 Å². The molecule has 0 aliphatic rings. The molecule has 3 rings (SSSR count). The van der Waals surface area contributed by atoms with E-state index in [1.165, 1.54) is 4.70 Å². The average Bonchev–Trinajstić information content (AvgIpc) is 2.88. The van der Waals surface area contributed by atoms with E-state index < -0.39 is 0 Å². The molecule has 3 aromatic rings. The second-order valence-corrected chi connectivity index (χ2v) is 6.35. The van der Waals surface area contributed by atoms with Crippen LogP contribution >= 0.6 is 27.3 Å². The Labute approximate surface area is 129 Å². The minimum Gasteiger partial charge on any atom is -0.486 e. The molecule has 0 atom stereocenters. The van der Waals surface area contributed by atoms with Gasteiger partial charge in [-0.15, -0.1) is 11.3 Å². The number of hydrogen-bond acceptors (Lipinski definition) is 4. The molecule has 5 heteroatoms. The van der Waals surface area contributed by atoms with Gasteiger partial charge in [0.05, 0.1) is 10.2 Å². The van der Waals surface area contributed by atoms with E-state index in [4.69, 9.17) is 10.5 Å². The van der Waals surface area contributed by atoms with Crippen molar-refractivity contribution >= 4 is 37.5 Å². The van der Waals surface area contributed by atoms with E-state index >= 15 is 0 Å². The molecule has 0 bridgehead atoms. The quantitative estimate of drug-likeness (QED) is 0.772. The molecule has 0 aliphatic carbocycles. The van der Waals surface area contributed by atoms with Crippen LogP contribution in [0.3, 0.4) is 0 Å². The Morgan fingerprint density at radius 3 is 2.85 bits per heavy atom. The fourth-order valence-electron chi connectivity index (χ4n) is 1.97. The van der Waals surface area contributed by atoms with Crippen molar-refractivity contribution in [1.82, 2.24) is 4.98 Å². The maximum atomic E-state index is 5.85. The first-order chi connectivity index (χ1) is 9.76. The molecule has 0 saturated carbocycles. The van der Waals surface area contributed by atoms with Crippen LogP contribution in [0.5, 0.6) is 5.75 Å². The molecule has 0 aliphatic heterocycles. The van der Waals surface area contributed by atoms with Crippen molar-refractivity contribution in [2.75, 3.05) is 0 Å². The zero-order valence-corrected chi connectivity index (χ0v) is 13.1. The summed E-state index contributed by atoms with van der Waals surface area (Å²) in [5, 5.41) is 0.970. The number of aromatic nitrogens is 1. The largest absolute Gasteiger partial charge is 0.486 e. The van der Waals surface area contributed by atoms with Gasteiger partial charge in [0, 0.05) is 16.6 Å². The van der Waals surface area contributed by atoms with Gasteiger partial charge in [0.2, 0.25) is 0 Å². The van der Waals surface area contributed by atoms with Crippen molar-refractivity contribution in [2.45, 2.75) is 13.2 Å². The highest BCUT2D eigenvalue weighted by Gasteiger charge is 2.07. The minimum atomic E-state index is 0.453. The fourth-order valence-corrected chi connectivity index (χ4v) is 3.26. The number of benzene rings is 2. The number of thiazole rings is 1. The number of hydrogen-bond donors (Lipinski definition) is 1. The number of halogens is 1. The predicted octanol–water partition coefficient (Wildman–Crippen LogP) is 4.10. The smallest absolute Gasteiger partial charge is 0.140 e. The Hall–Kier alpha value is -1.43. The molecule has 3 nitrogen and oxygen atoms in total. The molecule has 2 aromatic carbocycles. The molecule has 0 spiro atoms. The van der Waals surface area contributed by atoms with E-state index in [9.17, 15) is 0 Å². The SMILES string of the molecule is NCc1cc(Br)ccc1OCc1nc2ccccc2s1. The lowest BCUT2D eigenvalue weighted by Crippen LogP contribution is -2.02. The average molecular weight is 349 g/mol. The fraction of sp³-hybridized carbons (Fsp3) is 0.133. The Balaban J connectivity index is 1.79. The van der Waals surface area contributed by atoms with Crippen LogP contribution in [0.4, 0.5) is 0 Å². The van der Waals surface area contributed by atoms with E-state index in [0.29, 0.717) is 13.2 Å². The lowest BCUT2D eigenvalue weighted by atomic mass is 10.2. The molecule has 0 unspecified atom stereocenters. The van der Waals surface area contributed by atoms with Gasteiger partial charge >= 0.3 is 0 Å². The zero-order chi connectivity index (χ0) is 13.9. The normalized spacial score (nSPS) is 10.9. The van der Waals surface area contributed by atoms with E-state index in [2.05, 4.69) is 27.0 Å². The molecule has 1 aromatic heterocycles. The van der Waals surface area contributed by atoms with Gasteiger partial charge in [0.25, 0.3) is 0 Å². The van der Waals surface area contributed by atoms with Gasteiger partial charge in [0.1, 0.15) is 17.4 Å². The van der Waals surface area contributed by atoms with Gasteiger partial charge in [0.15, 0.2) is 0 Å². The second kappa shape index (κ2) is 5.91. The van der Waals surface area contributed by atoms with Crippen molar-refractivity contribution < 1.29 is 4.74 Å². The number of ether oxygens (including phenoxy) is 1. The van der Waals surface area contributed by atoms with Gasteiger partial charge in [-0.1, -0.05) is 28.1 Å². The van der Waals surface area contributed by atoms with Crippen molar-refractivity contribution in [2.24, 2.45) is 5.73 Å². The van der Waals surface area contributed by atoms with Gasteiger partial charge in [-0.05, 0) is 30.3 Å². The first kappa shape index (κ1) is 13.5. The third-order valence-corrected chi connectivity index (χ3v) is 4.43. The summed E-state index contributed by atoms with van der Waals surface area (Å²) in [4.78, 5) is 4.55. The number of rotatable bonds is 4. The van der Waals surface area contributed by atoms with Crippen LogP contribution in [0.15, 0.2) is 46.9 Å². The molecule has 0 saturated heterocycles. The van der Waals surface area contributed by atoms with Gasteiger partial charge in [-0.25, -0.2) is 4.98 Å². The van der Waals surface area contributed by atoms with E-state index in [-0.39, 0.29) is 0 Å². The summed E-state index contributed by atoms with van der Waals surface area (Å²) < 4.78 is 8.03. The molecule has 2 N–H and O–H groups in total. The molecule has 102 valence electrons. The lowest BCUT2D eigenvalue weighted by Gasteiger charge is -2.09. The molecule has 20 heavy (non-hydrogen) atoms. The van der Waals surface area contributed by atoms with Crippen LogP contribution in [0, 0.1) is 0 Å². The summed E-state index contributed by atoms with van der Waals surface area (Å²) >= 11 is 5.09. The summed E-state index contributed by atoms with van der Waals surface area (Å²) in [5.74, 6) is 0.815. The first-order valence-corrected chi connectivity index (χ1v) is 7.83. The summed E-state index contributed by atoms with van der Waals surface area (Å²) in [6.07, 6.45) is 0. The lowest BCUT2D eigenvalue weighted by molar-refractivity contribution is 0.302. The Morgan fingerprint density at radius 1 is 1.20 bits per heavy atom. The zero-order valence-electron chi connectivity index (χ0n) is 10.7. The van der Waals surface area contributed by atoms with Crippen LogP contribution in [0.1, 0.15) is 10.6 Å². The highest BCUT2D eigenvalue weighted by molar-refractivity contribution is 9.10. The molecule has 0 amide bonds. The topological polar surface area (TPSA) is 48.1 Å². The second-order valence-electron chi connectivity index (χ2n) is 4.32. The van der Waals surface area contributed by atoms with E-state index in [0.717, 1.165) is 26.3 Å². The summed E-state index contributed by atoms with van der Waals surface area (Å²) in [6.45, 7) is 0.919. The monoisotopic (exact) mass is 348 g/mol. The Morgan fingerprint density at radius 2 is 2.05 bits per heavy atom. The highest BCUT2D eigenvalue weighted by Crippen LogP contribution is 2.26. The predicted molar refractivity (Wildman–Crippen MR) is 86.0 cm³/mol. The molecule has 0 fully saturated rings. The third-order valence-electron chi connectivity index (χ3n) is 2.93. The standard InChI is InChI=1S/C15H13BrN2OS/c16-11-5-6-13(10(7-11)8-17)19-9-15-18-12-3-1-2-4-14(12)20-15/h1-7H,8-9,17H2. The van der Waals surface area contributed by atoms with Crippen LogP contribution in [-0.2, 0) is 13.2 Å². The summed E-state index contributed by atoms with van der Waals surface area (Å²) in [6, 6.07) is 14.0. The highest BCUT2D eigenvalue weighted by atomic mass is 79.9. The van der Waals surface area contributed by atoms with Gasteiger partial charge in [-0.2, -0.15) is 0 Å². The molecular formula is C15H13BrN2OS. The number of fused-ring (bicyclic) bond motifs is 1. The van der Waals surface area contributed by atoms with Crippen molar-refractivity contribution in [3.05, 3.63) is 57.5 Å². The summed E-state index contributed by atoms with van der Waals surface area (Å²) in [7, 11) is 0. The van der Waals surface area contributed by atoms with Gasteiger partial charge in [-0.3, -0.25) is 0 Å². The van der Waals surface area contributed by atoms with Crippen LogP contribution in [0.2, 0.25) is 0 Å². The number of nitrogens with zero attached hydrogens (tertiary/aromatic N) is 1. The van der Waals surface area contributed by atoms with Crippen LogP contribution in [0.25, 0.3) is 10.2 Å². The number of nitrogens with two attached hydrogens (primary N) is 1. The van der Waals surface area contributed by atoms with Crippen LogP contribution in [-0.4, -0.2) is 4.98 Å². The maximum absolute atomic E-state index is 5.85. The maximum Gasteiger partial charge on any atom is 0.140 e. The molecular weight excluding hydrogens is 336 g/mol.